The van der Waals surface area contributed by atoms with Crippen LogP contribution in [0.2, 0.25) is 0 Å². The fourth-order valence-corrected chi connectivity index (χ4v) is 8.54. The molecule has 164 valence electrons. The van der Waals surface area contributed by atoms with Gasteiger partial charge in [0, 0.05) is 37.0 Å². The Labute approximate surface area is 184 Å². The molecular weight excluding hydrogens is 432 g/mol. The van der Waals surface area contributed by atoms with Crippen LogP contribution in [-0.4, -0.2) is 51.6 Å². The van der Waals surface area contributed by atoms with Gasteiger partial charge in [0.15, 0.2) is 0 Å². The number of hydrogen-bond acceptors (Lipinski definition) is 4. The van der Waals surface area contributed by atoms with E-state index in [0.29, 0.717) is 32.6 Å². The molecule has 0 saturated carbocycles. The summed E-state index contributed by atoms with van der Waals surface area (Å²) in [5.74, 6) is 0. The second-order valence-corrected chi connectivity index (χ2v) is 13.1. The number of aryl methyl sites for hydroxylation is 2. The van der Waals surface area contributed by atoms with Gasteiger partial charge in [-0.25, -0.2) is 16.8 Å². The SMILES string of the molecule is Cc1ccc(S(=O)(=O)N2CC34C=CCC3(C2)CN(S(=O)(=O)c2ccc(C)cc2)C4)cc1. The summed E-state index contributed by atoms with van der Waals surface area (Å²) in [6.45, 7) is 5.12. The minimum atomic E-state index is -3.63. The molecule has 31 heavy (non-hydrogen) atoms. The fourth-order valence-electron chi connectivity index (χ4n) is 5.35. The Hall–Kier alpha value is -2.00. The summed E-state index contributed by atoms with van der Waals surface area (Å²) in [6.07, 6.45) is 4.83. The lowest BCUT2D eigenvalue weighted by Crippen LogP contribution is -2.38. The van der Waals surface area contributed by atoms with Crippen LogP contribution in [0.25, 0.3) is 0 Å². The van der Waals surface area contributed by atoms with Gasteiger partial charge in [0.1, 0.15) is 0 Å². The highest BCUT2D eigenvalue weighted by Crippen LogP contribution is 2.60. The van der Waals surface area contributed by atoms with Gasteiger partial charge < -0.3 is 0 Å². The molecule has 0 unspecified atom stereocenters. The molecule has 0 radical (unpaired) electrons. The predicted molar refractivity (Wildman–Crippen MR) is 118 cm³/mol. The Kier molecular flexibility index (Phi) is 4.54. The van der Waals surface area contributed by atoms with Gasteiger partial charge >= 0.3 is 0 Å². The van der Waals surface area contributed by atoms with Crippen molar-refractivity contribution in [1.29, 1.82) is 0 Å². The van der Waals surface area contributed by atoms with Crippen LogP contribution in [0.3, 0.4) is 0 Å². The number of nitrogens with zero attached hydrogens (tertiary/aromatic N) is 2. The van der Waals surface area contributed by atoms with Crippen molar-refractivity contribution >= 4 is 20.0 Å². The molecule has 8 heteroatoms. The molecule has 3 aliphatic rings. The van der Waals surface area contributed by atoms with Crippen molar-refractivity contribution in [2.75, 3.05) is 26.2 Å². The molecule has 0 aromatic heterocycles. The minimum Gasteiger partial charge on any atom is -0.207 e. The first-order chi connectivity index (χ1) is 14.6. The maximum absolute atomic E-state index is 13.3. The van der Waals surface area contributed by atoms with Crippen LogP contribution in [0, 0.1) is 24.7 Å². The van der Waals surface area contributed by atoms with Crippen molar-refractivity contribution in [2.45, 2.75) is 30.1 Å². The van der Waals surface area contributed by atoms with E-state index in [4.69, 9.17) is 0 Å². The van der Waals surface area contributed by atoms with Gasteiger partial charge in [-0.1, -0.05) is 47.5 Å². The molecule has 2 heterocycles. The molecule has 0 spiro atoms. The van der Waals surface area contributed by atoms with Crippen LogP contribution in [0.15, 0.2) is 70.5 Å². The van der Waals surface area contributed by atoms with Crippen LogP contribution in [0.4, 0.5) is 0 Å². The highest BCUT2D eigenvalue weighted by Gasteiger charge is 2.66. The monoisotopic (exact) mass is 458 g/mol. The van der Waals surface area contributed by atoms with Crippen LogP contribution in [0.5, 0.6) is 0 Å². The van der Waals surface area contributed by atoms with E-state index in [1.807, 2.05) is 13.8 Å². The van der Waals surface area contributed by atoms with Crippen molar-refractivity contribution in [1.82, 2.24) is 8.61 Å². The Morgan fingerprint density at radius 2 is 1.10 bits per heavy atom. The summed E-state index contributed by atoms with van der Waals surface area (Å²) in [5.41, 5.74) is 1.11. The molecule has 6 nitrogen and oxygen atoms in total. The van der Waals surface area contributed by atoms with E-state index >= 15 is 0 Å². The molecule has 1 aliphatic carbocycles. The molecular formula is C23H26N2O4S2. The molecule has 2 aromatic carbocycles. The topological polar surface area (TPSA) is 74.8 Å². The molecule has 2 aromatic rings. The van der Waals surface area contributed by atoms with Crippen LogP contribution in [-0.2, 0) is 20.0 Å². The largest absolute Gasteiger partial charge is 0.243 e. The molecule has 2 aliphatic heterocycles. The average Bonchev–Trinajstić information content (AvgIpc) is 3.29. The number of allylic oxidation sites excluding steroid dienone is 1. The molecule has 0 N–H and O–H groups in total. The summed E-state index contributed by atoms with van der Waals surface area (Å²) in [4.78, 5) is 0.578. The van der Waals surface area contributed by atoms with E-state index in [-0.39, 0.29) is 9.79 Å². The Balaban J connectivity index is 1.45. The Morgan fingerprint density at radius 3 is 1.48 bits per heavy atom. The van der Waals surface area contributed by atoms with Gasteiger partial charge in [-0.3, -0.25) is 0 Å². The lowest BCUT2D eigenvalue weighted by atomic mass is 9.71. The zero-order chi connectivity index (χ0) is 22.1. The minimum absolute atomic E-state index is 0.289. The van der Waals surface area contributed by atoms with Crippen molar-refractivity contribution in [3.63, 3.8) is 0 Å². The molecule has 0 atom stereocenters. The van der Waals surface area contributed by atoms with Crippen molar-refractivity contribution in [3.8, 4) is 0 Å². The van der Waals surface area contributed by atoms with Crippen LogP contribution < -0.4 is 0 Å². The highest BCUT2D eigenvalue weighted by molar-refractivity contribution is 7.89. The average molecular weight is 459 g/mol. The lowest BCUT2D eigenvalue weighted by Gasteiger charge is -2.29. The van der Waals surface area contributed by atoms with E-state index in [1.54, 1.807) is 57.1 Å². The third-order valence-electron chi connectivity index (χ3n) is 7.19. The number of rotatable bonds is 4. The molecule has 5 rings (SSSR count). The van der Waals surface area contributed by atoms with E-state index in [0.717, 1.165) is 11.1 Å². The smallest absolute Gasteiger partial charge is 0.207 e. The summed E-state index contributed by atoms with van der Waals surface area (Å²) in [5, 5.41) is 0. The fraction of sp³-hybridized carbons (Fsp3) is 0.391. The second-order valence-electron chi connectivity index (χ2n) is 9.22. The summed E-state index contributed by atoms with van der Waals surface area (Å²) < 4.78 is 56.3. The summed E-state index contributed by atoms with van der Waals surface area (Å²) in [6, 6.07) is 13.8. The second kappa shape index (κ2) is 6.75. The first-order valence-electron chi connectivity index (χ1n) is 10.4. The van der Waals surface area contributed by atoms with E-state index in [1.165, 1.54) is 0 Å². The highest BCUT2D eigenvalue weighted by atomic mass is 32.2. The first-order valence-corrected chi connectivity index (χ1v) is 13.3. The van der Waals surface area contributed by atoms with E-state index < -0.39 is 30.9 Å². The van der Waals surface area contributed by atoms with E-state index in [9.17, 15) is 16.8 Å². The van der Waals surface area contributed by atoms with Gasteiger partial charge in [-0.15, -0.1) is 0 Å². The molecule has 0 bridgehead atoms. The van der Waals surface area contributed by atoms with E-state index in [2.05, 4.69) is 12.2 Å². The van der Waals surface area contributed by atoms with Gasteiger partial charge in [0.05, 0.1) is 9.79 Å². The quantitative estimate of drug-likeness (QED) is 0.661. The number of sulfonamides is 2. The van der Waals surface area contributed by atoms with Gasteiger partial charge in [-0.2, -0.15) is 8.61 Å². The number of hydrogen-bond donors (Lipinski definition) is 0. The maximum atomic E-state index is 13.3. The standard InChI is InChI=1S/C23H26N2O4S2/c1-18-4-8-20(9-5-18)30(26,27)24-14-22-12-3-13-23(22,15-24)17-25(16-22)31(28,29)21-10-6-19(2)7-11-21/h3-12H,13-17H2,1-2H3. The normalized spacial score (nSPS) is 28.7. The van der Waals surface area contributed by atoms with Crippen LogP contribution >= 0.6 is 0 Å². The van der Waals surface area contributed by atoms with Gasteiger partial charge in [-0.05, 0) is 44.5 Å². The third-order valence-corrected chi connectivity index (χ3v) is 10.8. The van der Waals surface area contributed by atoms with Gasteiger partial charge in [0.2, 0.25) is 20.0 Å². The molecule has 0 amide bonds. The van der Waals surface area contributed by atoms with Crippen LogP contribution in [0.1, 0.15) is 17.5 Å². The van der Waals surface area contributed by atoms with Crippen molar-refractivity contribution in [3.05, 3.63) is 71.8 Å². The zero-order valence-electron chi connectivity index (χ0n) is 17.7. The summed E-state index contributed by atoms with van der Waals surface area (Å²) >= 11 is 0. The Morgan fingerprint density at radius 1 is 0.677 bits per heavy atom. The maximum Gasteiger partial charge on any atom is 0.243 e. The summed E-state index contributed by atoms with van der Waals surface area (Å²) in [7, 11) is -7.26. The first kappa shape index (κ1) is 20.9. The molecule has 2 fully saturated rings. The van der Waals surface area contributed by atoms with Gasteiger partial charge in [0.25, 0.3) is 0 Å². The van der Waals surface area contributed by atoms with Crippen molar-refractivity contribution < 1.29 is 16.8 Å². The lowest BCUT2D eigenvalue weighted by molar-refractivity contribution is 0.243. The Bertz CT molecular complexity index is 1180. The third kappa shape index (κ3) is 3.03. The number of benzene rings is 2. The predicted octanol–water partition coefficient (Wildman–Crippen LogP) is 2.94. The zero-order valence-corrected chi connectivity index (χ0v) is 19.3. The molecule has 2 saturated heterocycles. The van der Waals surface area contributed by atoms with Crippen molar-refractivity contribution in [2.24, 2.45) is 10.8 Å².